The van der Waals surface area contributed by atoms with Gasteiger partial charge in [-0.1, -0.05) is 0 Å². The number of hydrogen-bond donors (Lipinski definition) is 1. The molecule has 1 aromatic carbocycles. The molecule has 124 valence electrons. The van der Waals surface area contributed by atoms with E-state index in [-0.39, 0.29) is 5.91 Å². The van der Waals surface area contributed by atoms with Crippen molar-refractivity contribution in [1.82, 2.24) is 14.8 Å². The van der Waals surface area contributed by atoms with Crippen LogP contribution in [0.15, 0.2) is 18.2 Å². The third-order valence-electron chi connectivity index (χ3n) is 4.52. The zero-order valence-electron chi connectivity index (χ0n) is 14.2. The third-order valence-corrected chi connectivity index (χ3v) is 4.52. The van der Waals surface area contributed by atoms with Crippen molar-refractivity contribution in [1.29, 1.82) is 0 Å². The Morgan fingerprint density at radius 2 is 2.00 bits per heavy atom. The summed E-state index contributed by atoms with van der Waals surface area (Å²) in [6, 6.07) is 6.09. The van der Waals surface area contributed by atoms with Gasteiger partial charge in [0.25, 0.3) is 5.91 Å². The number of amides is 1. The average molecular weight is 315 g/mol. The van der Waals surface area contributed by atoms with E-state index in [1.165, 1.54) is 0 Å². The molecule has 0 aliphatic carbocycles. The Bertz CT molecular complexity index is 715. The van der Waals surface area contributed by atoms with Crippen LogP contribution in [0.2, 0.25) is 0 Å². The first-order chi connectivity index (χ1) is 11.2. The molecule has 1 fully saturated rings. The monoisotopic (exact) mass is 315 g/mol. The van der Waals surface area contributed by atoms with Crippen molar-refractivity contribution in [2.75, 3.05) is 32.8 Å². The minimum Gasteiger partial charge on any atom is -0.494 e. The highest BCUT2D eigenvalue weighted by atomic mass is 16.5. The van der Waals surface area contributed by atoms with E-state index in [4.69, 9.17) is 4.74 Å². The van der Waals surface area contributed by atoms with E-state index in [1.807, 2.05) is 24.8 Å². The number of fused-ring (bicyclic) bond motifs is 1. The second kappa shape index (κ2) is 6.62. The van der Waals surface area contributed by atoms with Gasteiger partial charge in [0, 0.05) is 43.6 Å². The van der Waals surface area contributed by atoms with Crippen LogP contribution in [0.4, 0.5) is 0 Å². The number of nitrogens with one attached hydrogen (secondary N) is 1. The second-order valence-electron chi connectivity index (χ2n) is 5.87. The third kappa shape index (κ3) is 2.81. The topological polar surface area (TPSA) is 46.5 Å². The molecule has 0 radical (unpaired) electrons. The molecule has 0 saturated carbocycles. The number of nitrogens with zero attached hydrogens (tertiary/aromatic N) is 2. The Morgan fingerprint density at radius 1 is 1.26 bits per heavy atom. The Morgan fingerprint density at radius 3 is 2.65 bits per heavy atom. The summed E-state index contributed by atoms with van der Waals surface area (Å²) in [6.07, 6.45) is 0. The summed E-state index contributed by atoms with van der Waals surface area (Å²) in [7, 11) is 0. The van der Waals surface area contributed by atoms with Gasteiger partial charge in [-0.05, 0) is 44.5 Å². The smallest absolute Gasteiger partial charge is 0.270 e. The number of ether oxygens (including phenoxy) is 1. The van der Waals surface area contributed by atoms with Crippen molar-refractivity contribution in [2.24, 2.45) is 0 Å². The lowest BCUT2D eigenvalue weighted by atomic mass is 10.1. The number of rotatable bonds is 4. The number of aromatic nitrogens is 1. The van der Waals surface area contributed by atoms with Gasteiger partial charge in [0.1, 0.15) is 11.4 Å². The highest BCUT2D eigenvalue weighted by Crippen LogP contribution is 2.30. The minimum absolute atomic E-state index is 0.139. The van der Waals surface area contributed by atoms with Crippen molar-refractivity contribution >= 4 is 16.8 Å². The Labute approximate surface area is 137 Å². The lowest BCUT2D eigenvalue weighted by Crippen LogP contribution is -2.47. The molecule has 0 bridgehead atoms. The van der Waals surface area contributed by atoms with Gasteiger partial charge < -0.3 is 19.5 Å². The van der Waals surface area contributed by atoms with Crippen LogP contribution in [0, 0.1) is 6.92 Å². The fraction of sp³-hybridized carbons (Fsp3) is 0.500. The summed E-state index contributed by atoms with van der Waals surface area (Å²) in [6.45, 7) is 10.8. The predicted octanol–water partition coefficient (Wildman–Crippen LogP) is 2.41. The van der Waals surface area contributed by atoms with Crippen LogP contribution in [0.5, 0.6) is 5.75 Å². The van der Waals surface area contributed by atoms with E-state index in [1.54, 1.807) is 0 Å². The molecular weight excluding hydrogens is 290 g/mol. The predicted molar refractivity (Wildman–Crippen MR) is 92.3 cm³/mol. The number of carbonyl (C=O) groups is 1. The molecule has 0 atom stereocenters. The summed E-state index contributed by atoms with van der Waals surface area (Å²) >= 11 is 0. The standard InChI is InChI=1S/C18H25N3O2/c1-4-21-16-7-6-14(23-5-2)12-15(16)13(3)17(21)18(22)20-10-8-19-9-11-20/h6-7,12,19H,4-5,8-11H2,1-3H3. The summed E-state index contributed by atoms with van der Waals surface area (Å²) in [5.74, 6) is 0.998. The Kier molecular flexibility index (Phi) is 4.57. The molecule has 2 heterocycles. The number of piperazine rings is 1. The Balaban J connectivity index is 2.08. The molecule has 1 aliphatic rings. The van der Waals surface area contributed by atoms with E-state index in [2.05, 4.69) is 28.9 Å². The molecule has 1 aromatic heterocycles. The van der Waals surface area contributed by atoms with Gasteiger partial charge in [-0.3, -0.25) is 4.79 Å². The molecule has 0 unspecified atom stereocenters. The second-order valence-corrected chi connectivity index (χ2v) is 5.87. The van der Waals surface area contributed by atoms with Crippen LogP contribution in [0.25, 0.3) is 10.9 Å². The molecule has 2 aromatic rings. The van der Waals surface area contributed by atoms with Crippen molar-refractivity contribution in [3.63, 3.8) is 0 Å². The SMILES string of the molecule is CCOc1ccc2c(c1)c(C)c(C(=O)N1CCNCC1)n2CC. The molecule has 23 heavy (non-hydrogen) atoms. The van der Waals surface area contributed by atoms with Crippen LogP contribution in [0.1, 0.15) is 29.9 Å². The van der Waals surface area contributed by atoms with Gasteiger partial charge in [0.2, 0.25) is 0 Å². The van der Waals surface area contributed by atoms with Crippen LogP contribution >= 0.6 is 0 Å². The first kappa shape index (κ1) is 15.9. The van der Waals surface area contributed by atoms with Crippen molar-refractivity contribution in [3.05, 3.63) is 29.5 Å². The minimum atomic E-state index is 0.139. The average Bonchev–Trinajstić information content (AvgIpc) is 2.87. The van der Waals surface area contributed by atoms with Gasteiger partial charge >= 0.3 is 0 Å². The molecule has 5 heteroatoms. The number of hydrogen-bond acceptors (Lipinski definition) is 3. The van der Waals surface area contributed by atoms with Crippen LogP contribution < -0.4 is 10.1 Å². The van der Waals surface area contributed by atoms with Crippen molar-refractivity contribution in [3.8, 4) is 5.75 Å². The van der Waals surface area contributed by atoms with E-state index in [9.17, 15) is 4.79 Å². The number of carbonyl (C=O) groups excluding carboxylic acids is 1. The van der Waals surface area contributed by atoms with E-state index in [0.29, 0.717) is 6.61 Å². The molecule has 1 saturated heterocycles. The summed E-state index contributed by atoms with van der Waals surface area (Å²) in [5, 5.41) is 4.40. The summed E-state index contributed by atoms with van der Waals surface area (Å²) < 4.78 is 7.75. The fourth-order valence-corrected chi connectivity index (χ4v) is 3.38. The normalized spacial score (nSPS) is 15.2. The largest absolute Gasteiger partial charge is 0.494 e. The van der Waals surface area contributed by atoms with Gasteiger partial charge in [-0.15, -0.1) is 0 Å². The van der Waals surface area contributed by atoms with E-state index in [0.717, 1.165) is 60.6 Å². The first-order valence-corrected chi connectivity index (χ1v) is 8.43. The lowest BCUT2D eigenvalue weighted by Gasteiger charge is -2.28. The summed E-state index contributed by atoms with van der Waals surface area (Å²) in [5.41, 5.74) is 2.97. The molecule has 5 nitrogen and oxygen atoms in total. The highest BCUT2D eigenvalue weighted by molar-refractivity contribution is 6.02. The maximum atomic E-state index is 13.0. The summed E-state index contributed by atoms with van der Waals surface area (Å²) in [4.78, 5) is 15.0. The number of benzene rings is 1. The van der Waals surface area contributed by atoms with E-state index >= 15 is 0 Å². The maximum absolute atomic E-state index is 13.0. The zero-order valence-corrected chi connectivity index (χ0v) is 14.2. The van der Waals surface area contributed by atoms with Gasteiger partial charge in [0.05, 0.1) is 6.61 Å². The maximum Gasteiger partial charge on any atom is 0.270 e. The Hall–Kier alpha value is -2.01. The van der Waals surface area contributed by atoms with Crippen LogP contribution in [-0.2, 0) is 6.54 Å². The van der Waals surface area contributed by atoms with Crippen molar-refractivity contribution < 1.29 is 9.53 Å². The molecular formula is C18H25N3O2. The molecule has 1 N–H and O–H groups in total. The molecule has 1 aliphatic heterocycles. The van der Waals surface area contributed by atoms with Crippen LogP contribution in [-0.4, -0.2) is 48.2 Å². The molecule has 0 spiro atoms. The quantitative estimate of drug-likeness (QED) is 0.942. The first-order valence-electron chi connectivity index (χ1n) is 8.43. The number of aryl methyl sites for hydroxylation is 2. The lowest BCUT2D eigenvalue weighted by molar-refractivity contribution is 0.0725. The molecule has 1 amide bonds. The zero-order chi connectivity index (χ0) is 16.4. The van der Waals surface area contributed by atoms with Gasteiger partial charge in [-0.25, -0.2) is 0 Å². The van der Waals surface area contributed by atoms with E-state index < -0.39 is 0 Å². The van der Waals surface area contributed by atoms with Crippen LogP contribution in [0.3, 0.4) is 0 Å². The highest BCUT2D eigenvalue weighted by Gasteiger charge is 2.25. The fourth-order valence-electron chi connectivity index (χ4n) is 3.38. The molecule has 3 rings (SSSR count). The van der Waals surface area contributed by atoms with Gasteiger partial charge in [0.15, 0.2) is 0 Å². The van der Waals surface area contributed by atoms with Gasteiger partial charge in [-0.2, -0.15) is 0 Å². The van der Waals surface area contributed by atoms with Crippen molar-refractivity contribution in [2.45, 2.75) is 27.3 Å².